The summed E-state index contributed by atoms with van der Waals surface area (Å²) in [6.07, 6.45) is 6.38. The van der Waals surface area contributed by atoms with E-state index in [2.05, 4.69) is 9.72 Å². The van der Waals surface area contributed by atoms with E-state index < -0.39 is 11.9 Å². The zero-order valence-electron chi connectivity index (χ0n) is 13.3. The standard InChI is InChI=1S/C17H18N2O4/c1-12-15(17(21)23-3)9-14(6-7-16(20)22-2)19(12)11-13-5-4-8-18-10-13/h4-10H,11H2,1-3H3/b7-6+. The minimum Gasteiger partial charge on any atom is -0.466 e. The lowest BCUT2D eigenvalue weighted by Crippen LogP contribution is -2.07. The highest BCUT2D eigenvalue weighted by atomic mass is 16.5. The Morgan fingerprint density at radius 3 is 2.70 bits per heavy atom. The number of pyridine rings is 1. The van der Waals surface area contributed by atoms with Gasteiger partial charge < -0.3 is 14.0 Å². The fourth-order valence-corrected chi connectivity index (χ4v) is 2.23. The molecule has 6 nitrogen and oxygen atoms in total. The summed E-state index contributed by atoms with van der Waals surface area (Å²) in [7, 11) is 2.65. The van der Waals surface area contributed by atoms with Crippen molar-refractivity contribution in [2.45, 2.75) is 13.5 Å². The van der Waals surface area contributed by atoms with E-state index in [1.807, 2.05) is 23.6 Å². The Bertz CT molecular complexity index is 733. The molecule has 2 aromatic rings. The normalized spacial score (nSPS) is 10.7. The van der Waals surface area contributed by atoms with Crippen molar-refractivity contribution in [1.29, 1.82) is 0 Å². The van der Waals surface area contributed by atoms with Gasteiger partial charge >= 0.3 is 11.9 Å². The van der Waals surface area contributed by atoms with Gasteiger partial charge in [-0.25, -0.2) is 9.59 Å². The number of methoxy groups -OCH3 is 2. The molecule has 0 saturated heterocycles. The average Bonchev–Trinajstić information content (AvgIpc) is 2.89. The molecule has 120 valence electrons. The largest absolute Gasteiger partial charge is 0.466 e. The minimum atomic E-state index is -0.462. The van der Waals surface area contributed by atoms with Crippen molar-refractivity contribution in [3.05, 3.63) is 59.2 Å². The highest BCUT2D eigenvalue weighted by Crippen LogP contribution is 2.19. The topological polar surface area (TPSA) is 70.4 Å². The molecule has 0 radical (unpaired) electrons. The maximum Gasteiger partial charge on any atom is 0.339 e. The van der Waals surface area contributed by atoms with Gasteiger partial charge in [0.15, 0.2) is 0 Å². The molecule has 0 aromatic carbocycles. The second-order valence-corrected chi connectivity index (χ2v) is 4.86. The van der Waals surface area contributed by atoms with Gasteiger partial charge in [0.2, 0.25) is 0 Å². The van der Waals surface area contributed by atoms with Gasteiger partial charge in [-0.2, -0.15) is 0 Å². The zero-order valence-corrected chi connectivity index (χ0v) is 13.3. The van der Waals surface area contributed by atoms with Gasteiger partial charge in [0.1, 0.15) is 0 Å². The molecule has 2 heterocycles. The van der Waals surface area contributed by atoms with Crippen molar-refractivity contribution >= 4 is 18.0 Å². The predicted molar refractivity (Wildman–Crippen MR) is 84.9 cm³/mol. The van der Waals surface area contributed by atoms with E-state index in [1.54, 1.807) is 24.5 Å². The van der Waals surface area contributed by atoms with E-state index in [0.717, 1.165) is 11.3 Å². The van der Waals surface area contributed by atoms with Crippen LogP contribution < -0.4 is 0 Å². The van der Waals surface area contributed by atoms with Crippen LogP contribution in [0.5, 0.6) is 0 Å². The number of hydrogen-bond acceptors (Lipinski definition) is 5. The maximum absolute atomic E-state index is 11.9. The first kappa shape index (κ1) is 16.5. The third-order valence-corrected chi connectivity index (χ3v) is 3.46. The molecular formula is C17H18N2O4. The monoisotopic (exact) mass is 314 g/mol. The van der Waals surface area contributed by atoms with Gasteiger partial charge in [0.25, 0.3) is 0 Å². The summed E-state index contributed by atoms with van der Waals surface area (Å²) in [5.74, 6) is -0.878. The van der Waals surface area contributed by atoms with Crippen molar-refractivity contribution in [3.63, 3.8) is 0 Å². The molecule has 0 aliphatic heterocycles. The summed E-state index contributed by atoms with van der Waals surface area (Å²) in [5.41, 5.74) is 2.90. The third-order valence-electron chi connectivity index (χ3n) is 3.46. The minimum absolute atomic E-state index is 0.417. The van der Waals surface area contributed by atoms with Gasteiger partial charge in [-0.15, -0.1) is 0 Å². The fourth-order valence-electron chi connectivity index (χ4n) is 2.23. The van der Waals surface area contributed by atoms with Crippen molar-refractivity contribution < 1.29 is 19.1 Å². The smallest absolute Gasteiger partial charge is 0.339 e. The Morgan fingerprint density at radius 2 is 2.09 bits per heavy atom. The van der Waals surface area contributed by atoms with Crippen LogP contribution in [-0.2, 0) is 20.8 Å². The van der Waals surface area contributed by atoms with Gasteiger partial charge in [-0.3, -0.25) is 4.98 Å². The van der Waals surface area contributed by atoms with Crippen LogP contribution >= 0.6 is 0 Å². The van der Waals surface area contributed by atoms with E-state index in [1.165, 1.54) is 20.3 Å². The maximum atomic E-state index is 11.9. The summed E-state index contributed by atoms with van der Waals surface area (Å²) in [6.45, 7) is 2.36. The van der Waals surface area contributed by atoms with E-state index >= 15 is 0 Å². The third kappa shape index (κ3) is 3.85. The highest BCUT2D eigenvalue weighted by molar-refractivity contribution is 5.92. The van der Waals surface area contributed by atoms with Gasteiger partial charge in [0, 0.05) is 36.4 Å². The van der Waals surface area contributed by atoms with Crippen molar-refractivity contribution in [2.75, 3.05) is 14.2 Å². The number of hydrogen-bond donors (Lipinski definition) is 0. The molecule has 2 aromatic heterocycles. The lowest BCUT2D eigenvalue weighted by molar-refractivity contribution is -0.134. The first-order valence-corrected chi connectivity index (χ1v) is 7.00. The molecule has 0 saturated carbocycles. The van der Waals surface area contributed by atoms with Gasteiger partial charge in [-0.05, 0) is 30.7 Å². The van der Waals surface area contributed by atoms with E-state index in [4.69, 9.17) is 4.74 Å². The quantitative estimate of drug-likeness (QED) is 0.625. The van der Waals surface area contributed by atoms with Crippen LogP contribution in [0.25, 0.3) is 6.08 Å². The second-order valence-electron chi connectivity index (χ2n) is 4.86. The predicted octanol–water partition coefficient (Wildman–Crippen LogP) is 2.21. The van der Waals surface area contributed by atoms with Gasteiger partial charge in [-0.1, -0.05) is 6.07 Å². The average molecular weight is 314 g/mol. The van der Waals surface area contributed by atoms with Crippen LogP contribution in [0.4, 0.5) is 0 Å². The molecule has 0 unspecified atom stereocenters. The van der Waals surface area contributed by atoms with Crippen molar-refractivity contribution in [3.8, 4) is 0 Å². The van der Waals surface area contributed by atoms with Crippen molar-refractivity contribution in [1.82, 2.24) is 9.55 Å². The highest BCUT2D eigenvalue weighted by Gasteiger charge is 2.17. The number of carbonyl (C=O) groups is 2. The Labute approximate surface area is 134 Å². The first-order valence-electron chi connectivity index (χ1n) is 7.00. The Kier molecular flexibility index (Phi) is 5.30. The van der Waals surface area contributed by atoms with Gasteiger partial charge in [0.05, 0.1) is 19.8 Å². The second kappa shape index (κ2) is 7.40. The van der Waals surface area contributed by atoms with E-state index in [-0.39, 0.29) is 0 Å². The first-order chi connectivity index (χ1) is 11.1. The van der Waals surface area contributed by atoms with Crippen LogP contribution in [0.2, 0.25) is 0 Å². The molecule has 0 aliphatic rings. The molecular weight excluding hydrogens is 296 g/mol. The lowest BCUT2D eigenvalue weighted by atomic mass is 10.2. The zero-order chi connectivity index (χ0) is 16.8. The SMILES string of the molecule is COC(=O)/C=C/c1cc(C(=O)OC)c(C)n1Cc1cccnc1. The molecule has 0 N–H and O–H groups in total. The fraction of sp³-hybridized carbons (Fsp3) is 0.235. The Morgan fingerprint density at radius 1 is 1.30 bits per heavy atom. The van der Waals surface area contributed by atoms with Crippen molar-refractivity contribution in [2.24, 2.45) is 0 Å². The van der Waals surface area contributed by atoms with Crippen LogP contribution in [0, 0.1) is 6.92 Å². The Balaban J connectivity index is 2.44. The van der Waals surface area contributed by atoms with Crippen LogP contribution in [0.15, 0.2) is 36.7 Å². The molecule has 6 heteroatoms. The molecule has 23 heavy (non-hydrogen) atoms. The number of rotatable bonds is 5. The van der Waals surface area contributed by atoms with E-state index in [9.17, 15) is 9.59 Å². The molecule has 0 amide bonds. The number of ether oxygens (including phenoxy) is 2. The number of carbonyl (C=O) groups excluding carboxylic acids is 2. The number of esters is 2. The van der Waals surface area contributed by atoms with E-state index in [0.29, 0.717) is 17.8 Å². The summed E-state index contributed by atoms with van der Waals surface area (Å²) >= 11 is 0. The summed E-state index contributed by atoms with van der Waals surface area (Å²) < 4.78 is 11.3. The lowest BCUT2D eigenvalue weighted by Gasteiger charge is -2.10. The molecule has 2 rings (SSSR count). The number of aromatic nitrogens is 2. The summed E-state index contributed by atoms with van der Waals surface area (Å²) in [4.78, 5) is 27.3. The Hall–Kier alpha value is -2.89. The number of nitrogens with zero attached hydrogens (tertiary/aromatic N) is 2. The van der Waals surface area contributed by atoms with Crippen LogP contribution in [0.1, 0.15) is 27.3 Å². The molecule has 0 aliphatic carbocycles. The van der Waals surface area contributed by atoms with Crippen LogP contribution in [-0.4, -0.2) is 35.7 Å². The molecule has 0 spiro atoms. The summed E-state index contributed by atoms with van der Waals surface area (Å²) in [6, 6.07) is 5.48. The molecule has 0 bridgehead atoms. The summed E-state index contributed by atoms with van der Waals surface area (Å²) in [5, 5.41) is 0. The molecule has 0 fully saturated rings. The van der Waals surface area contributed by atoms with Crippen LogP contribution in [0.3, 0.4) is 0 Å². The molecule has 0 atom stereocenters.